The number of aromatic nitrogens is 3. The van der Waals surface area contributed by atoms with Crippen LogP contribution >= 0.6 is 15.9 Å². The fourth-order valence-corrected chi connectivity index (χ4v) is 1.75. The summed E-state index contributed by atoms with van der Waals surface area (Å²) in [5.41, 5.74) is 1.43. The van der Waals surface area contributed by atoms with Crippen LogP contribution in [0.2, 0.25) is 0 Å². The highest BCUT2D eigenvalue weighted by Crippen LogP contribution is 2.17. The molecule has 6 heteroatoms. The van der Waals surface area contributed by atoms with Crippen molar-refractivity contribution in [1.82, 2.24) is 14.6 Å². The summed E-state index contributed by atoms with van der Waals surface area (Å²) in [7, 11) is 0. The van der Waals surface area contributed by atoms with E-state index in [0.29, 0.717) is 10.1 Å². The highest BCUT2D eigenvalue weighted by molar-refractivity contribution is 9.10. The summed E-state index contributed by atoms with van der Waals surface area (Å²) >= 11 is 3.25. The van der Waals surface area contributed by atoms with E-state index in [1.54, 1.807) is 6.20 Å². The van der Waals surface area contributed by atoms with Crippen molar-refractivity contribution >= 4 is 27.4 Å². The average molecular weight is 256 g/mol. The number of aryl methyl sites for hydroxylation is 1. The van der Waals surface area contributed by atoms with Crippen molar-refractivity contribution < 1.29 is 9.90 Å². The highest BCUT2D eigenvalue weighted by Gasteiger charge is 2.11. The Morgan fingerprint density at radius 2 is 2.36 bits per heavy atom. The molecule has 2 aromatic heterocycles. The summed E-state index contributed by atoms with van der Waals surface area (Å²) in [6.07, 6.45) is 1.67. The van der Waals surface area contributed by atoms with Crippen LogP contribution in [0.15, 0.2) is 16.9 Å². The Morgan fingerprint density at radius 1 is 1.64 bits per heavy atom. The maximum absolute atomic E-state index is 10.7. The Labute approximate surface area is 87.5 Å². The topological polar surface area (TPSA) is 67.5 Å². The van der Waals surface area contributed by atoms with E-state index in [1.807, 2.05) is 6.92 Å². The predicted molar refractivity (Wildman–Crippen MR) is 52.4 cm³/mol. The van der Waals surface area contributed by atoms with E-state index in [0.717, 1.165) is 5.69 Å². The Hall–Kier alpha value is -1.43. The Morgan fingerprint density at radius 3 is 3.00 bits per heavy atom. The second kappa shape index (κ2) is 3.06. The number of fused-ring (bicyclic) bond motifs is 1. The molecule has 0 atom stereocenters. The number of carboxylic acids is 1. The maximum Gasteiger partial charge on any atom is 0.356 e. The second-order valence-electron chi connectivity index (χ2n) is 2.84. The molecule has 0 unspecified atom stereocenters. The molecule has 0 spiro atoms. The van der Waals surface area contributed by atoms with Crippen LogP contribution in [0.1, 0.15) is 16.2 Å². The van der Waals surface area contributed by atoms with Crippen LogP contribution in [0.3, 0.4) is 0 Å². The third-order valence-corrected chi connectivity index (χ3v) is 2.33. The quantitative estimate of drug-likeness (QED) is 0.839. The second-order valence-corrected chi connectivity index (χ2v) is 3.59. The molecule has 0 fully saturated rings. The molecule has 0 saturated carbocycles. The minimum Gasteiger partial charge on any atom is -0.476 e. The molecule has 1 N–H and O–H groups in total. The zero-order valence-electron chi connectivity index (χ0n) is 7.23. The van der Waals surface area contributed by atoms with Gasteiger partial charge >= 0.3 is 5.97 Å². The highest BCUT2D eigenvalue weighted by atomic mass is 79.9. The lowest BCUT2D eigenvalue weighted by Crippen LogP contribution is -1.98. The molecule has 0 bridgehead atoms. The molecular weight excluding hydrogens is 250 g/mol. The first-order valence-corrected chi connectivity index (χ1v) is 4.63. The van der Waals surface area contributed by atoms with Gasteiger partial charge in [-0.05, 0) is 22.9 Å². The third-order valence-electron chi connectivity index (χ3n) is 1.75. The van der Waals surface area contributed by atoms with E-state index in [2.05, 4.69) is 26.0 Å². The molecule has 14 heavy (non-hydrogen) atoms. The van der Waals surface area contributed by atoms with Crippen LogP contribution in [-0.2, 0) is 0 Å². The average Bonchev–Trinajstić information content (AvgIpc) is 2.47. The molecule has 0 aliphatic rings. The Balaban J connectivity index is 2.76. The summed E-state index contributed by atoms with van der Waals surface area (Å²) in [5.74, 6) is -1.04. The molecule has 5 nitrogen and oxygen atoms in total. The van der Waals surface area contributed by atoms with Gasteiger partial charge in [0.15, 0.2) is 5.69 Å². The lowest BCUT2D eigenvalue weighted by atomic mass is 10.4. The molecule has 2 aromatic rings. The summed E-state index contributed by atoms with van der Waals surface area (Å²) < 4.78 is 2.09. The number of hydrogen-bond donors (Lipinski definition) is 1. The number of rotatable bonds is 1. The summed E-state index contributed by atoms with van der Waals surface area (Å²) in [5, 5.41) is 12.6. The van der Waals surface area contributed by atoms with Gasteiger partial charge < -0.3 is 5.11 Å². The largest absolute Gasteiger partial charge is 0.476 e. The van der Waals surface area contributed by atoms with Crippen LogP contribution in [0.4, 0.5) is 0 Å². The first-order chi connectivity index (χ1) is 6.58. The lowest BCUT2D eigenvalue weighted by Gasteiger charge is -1.96. The number of aromatic carboxylic acids is 1. The monoisotopic (exact) mass is 255 g/mol. The van der Waals surface area contributed by atoms with Crippen molar-refractivity contribution in [3.05, 3.63) is 28.3 Å². The van der Waals surface area contributed by atoms with Gasteiger partial charge in [-0.25, -0.2) is 14.3 Å². The molecule has 0 amide bonds. The summed E-state index contributed by atoms with van der Waals surface area (Å²) in [6, 6.07) is 1.47. The number of carboxylic acid groups (broad SMARTS) is 1. The third kappa shape index (κ3) is 1.37. The first kappa shape index (κ1) is 9.14. The van der Waals surface area contributed by atoms with Crippen LogP contribution in [0.5, 0.6) is 0 Å². The van der Waals surface area contributed by atoms with E-state index in [-0.39, 0.29) is 5.69 Å². The minimum atomic E-state index is -1.04. The molecule has 72 valence electrons. The van der Waals surface area contributed by atoms with Crippen molar-refractivity contribution in [3.63, 3.8) is 0 Å². The van der Waals surface area contributed by atoms with Gasteiger partial charge in [-0.2, -0.15) is 5.10 Å². The van der Waals surface area contributed by atoms with E-state index >= 15 is 0 Å². The molecule has 0 saturated heterocycles. The summed E-state index contributed by atoms with van der Waals surface area (Å²) in [6.45, 7) is 1.81. The predicted octanol–water partition coefficient (Wildman–Crippen LogP) is 1.50. The minimum absolute atomic E-state index is 0.0121. The number of carbonyl (C=O) groups is 1. The zero-order valence-corrected chi connectivity index (χ0v) is 8.82. The molecule has 0 radical (unpaired) electrons. The summed E-state index contributed by atoms with van der Waals surface area (Å²) in [4.78, 5) is 14.8. The van der Waals surface area contributed by atoms with Crippen molar-refractivity contribution in [2.45, 2.75) is 6.92 Å². The van der Waals surface area contributed by atoms with Gasteiger partial charge in [-0.15, -0.1) is 0 Å². The number of hydrogen-bond acceptors (Lipinski definition) is 3. The standard InChI is InChI=1S/C8H6BrN3O2/c1-4-3-12-6(7(9)10-4)2-5(11-12)8(13)14/h2-3H,1H3,(H,13,14). The molecule has 2 heterocycles. The van der Waals surface area contributed by atoms with Gasteiger partial charge in [-0.3, -0.25) is 0 Å². The fraction of sp³-hybridized carbons (Fsp3) is 0.125. The molecule has 0 aliphatic heterocycles. The maximum atomic E-state index is 10.7. The van der Waals surface area contributed by atoms with Gasteiger partial charge in [0.25, 0.3) is 0 Å². The van der Waals surface area contributed by atoms with Crippen molar-refractivity contribution in [3.8, 4) is 0 Å². The Bertz CT molecular complexity index is 521. The van der Waals surface area contributed by atoms with Crippen molar-refractivity contribution in [2.75, 3.05) is 0 Å². The van der Waals surface area contributed by atoms with E-state index in [4.69, 9.17) is 5.11 Å². The lowest BCUT2D eigenvalue weighted by molar-refractivity contribution is 0.0690. The van der Waals surface area contributed by atoms with Crippen LogP contribution < -0.4 is 0 Å². The SMILES string of the molecule is Cc1cn2nc(C(=O)O)cc2c(Br)n1. The van der Waals surface area contributed by atoms with Gasteiger partial charge in [0.2, 0.25) is 0 Å². The van der Waals surface area contributed by atoms with Gasteiger partial charge in [0.05, 0.1) is 17.4 Å². The van der Waals surface area contributed by atoms with Crippen molar-refractivity contribution in [2.24, 2.45) is 0 Å². The van der Waals surface area contributed by atoms with Crippen molar-refractivity contribution in [1.29, 1.82) is 0 Å². The van der Waals surface area contributed by atoms with Crippen LogP contribution in [0.25, 0.3) is 5.52 Å². The van der Waals surface area contributed by atoms with Crippen LogP contribution in [-0.4, -0.2) is 25.7 Å². The van der Waals surface area contributed by atoms with Crippen LogP contribution in [0, 0.1) is 6.92 Å². The molecular formula is C8H6BrN3O2. The Kier molecular flexibility index (Phi) is 1.99. The first-order valence-electron chi connectivity index (χ1n) is 3.84. The molecule has 0 aromatic carbocycles. The van der Waals surface area contributed by atoms with Gasteiger partial charge in [0.1, 0.15) is 4.60 Å². The normalized spacial score (nSPS) is 10.7. The van der Waals surface area contributed by atoms with Gasteiger partial charge in [0, 0.05) is 6.07 Å². The smallest absolute Gasteiger partial charge is 0.356 e. The number of nitrogens with zero attached hydrogens (tertiary/aromatic N) is 3. The van der Waals surface area contributed by atoms with Gasteiger partial charge in [-0.1, -0.05) is 0 Å². The molecule has 0 aliphatic carbocycles. The van der Waals surface area contributed by atoms with E-state index < -0.39 is 5.97 Å². The fourth-order valence-electron chi connectivity index (χ4n) is 1.17. The molecule has 2 rings (SSSR count). The van der Waals surface area contributed by atoms with E-state index in [1.165, 1.54) is 10.6 Å². The number of halogens is 1. The zero-order chi connectivity index (χ0) is 10.3. The van der Waals surface area contributed by atoms with E-state index in [9.17, 15) is 4.79 Å².